The molecule has 1 aliphatic carbocycles. The van der Waals surface area contributed by atoms with Crippen molar-refractivity contribution >= 4 is 39.1 Å². The summed E-state index contributed by atoms with van der Waals surface area (Å²) in [5.74, 6) is 0.338. The van der Waals surface area contributed by atoms with Gasteiger partial charge in [0.05, 0.1) is 11.1 Å². The van der Waals surface area contributed by atoms with Crippen molar-refractivity contribution in [3.63, 3.8) is 0 Å². The first-order chi connectivity index (χ1) is 13.6. The van der Waals surface area contributed by atoms with Crippen molar-refractivity contribution in [1.82, 2.24) is 9.55 Å². The lowest BCUT2D eigenvalue weighted by Gasteiger charge is -2.18. The summed E-state index contributed by atoms with van der Waals surface area (Å²) < 4.78 is 1.81. The summed E-state index contributed by atoms with van der Waals surface area (Å²) in [6, 6.07) is 9.35. The molecule has 0 N–H and O–H groups in total. The molecule has 2 heterocycles. The molecule has 0 bridgehead atoms. The summed E-state index contributed by atoms with van der Waals surface area (Å²) in [7, 11) is 0. The average Bonchev–Trinajstić information content (AvgIpc) is 3.10. The van der Waals surface area contributed by atoms with E-state index in [0.29, 0.717) is 10.7 Å². The fourth-order valence-corrected chi connectivity index (χ4v) is 6.00. The van der Waals surface area contributed by atoms with Gasteiger partial charge >= 0.3 is 0 Å². The van der Waals surface area contributed by atoms with Gasteiger partial charge in [-0.1, -0.05) is 49.0 Å². The summed E-state index contributed by atoms with van der Waals surface area (Å²) in [5.41, 5.74) is 1.98. The number of ketones is 1. The molecule has 1 atom stereocenters. The molecule has 4 rings (SSSR count). The molecule has 6 heteroatoms. The van der Waals surface area contributed by atoms with E-state index in [1.807, 2.05) is 34.9 Å². The Morgan fingerprint density at radius 2 is 2.00 bits per heavy atom. The molecule has 3 aromatic rings. The fourth-order valence-electron chi connectivity index (χ4n) is 3.71. The number of hydrogen-bond donors (Lipinski definition) is 0. The second-order valence-corrected chi connectivity index (χ2v) is 9.32. The standard InChI is InChI=1S/C22H24N2O2S2/c1-3-14(2)24-21(26)19-16-11-7-8-12-18(16)28-20(19)23-22(24)27-13-17(25)15-9-5-4-6-10-15/h4-6,9-10,14H,3,7-8,11-13H2,1-2H3/t14-/m1/s1. The van der Waals surface area contributed by atoms with Crippen LogP contribution >= 0.6 is 23.1 Å². The Balaban J connectivity index is 1.74. The zero-order valence-electron chi connectivity index (χ0n) is 16.2. The largest absolute Gasteiger partial charge is 0.293 e. The highest BCUT2D eigenvalue weighted by Gasteiger charge is 2.24. The predicted molar refractivity (Wildman–Crippen MR) is 117 cm³/mol. The second kappa shape index (κ2) is 8.21. The number of fused-ring (bicyclic) bond motifs is 3. The number of rotatable bonds is 6. The zero-order chi connectivity index (χ0) is 19.7. The highest BCUT2D eigenvalue weighted by molar-refractivity contribution is 7.99. The number of aryl methyl sites for hydroxylation is 2. The van der Waals surface area contributed by atoms with Gasteiger partial charge < -0.3 is 0 Å². The second-order valence-electron chi connectivity index (χ2n) is 7.30. The summed E-state index contributed by atoms with van der Waals surface area (Å²) in [6.45, 7) is 4.13. The molecule has 1 aliphatic rings. The maximum absolute atomic E-state index is 13.4. The maximum atomic E-state index is 13.4. The number of nitrogens with zero attached hydrogens (tertiary/aromatic N) is 2. The van der Waals surface area contributed by atoms with Gasteiger partial charge in [-0.15, -0.1) is 11.3 Å². The molecule has 0 radical (unpaired) electrons. The molecule has 4 nitrogen and oxygen atoms in total. The van der Waals surface area contributed by atoms with E-state index >= 15 is 0 Å². The zero-order valence-corrected chi connectivity index (χ0v) is 17.9. The van der Waals surface area contributed by atoms with Crippen molar-refractivity contribution in [2.75, 3.05) is 5.75 Å². The number of aromatic nitrogens is 2. The van der Waals surface area contributed by atoms with Crippen molar-refractivity contribution in [2.24, 2.45) is 0 Å². The van der Waals surface area contributed by atoms with Crippen molar-refractivity contribution in [3.8, 4) is 0 Å². The minimum absolute atomic E-state index is 0.0536. The number of Topliss-reactive ketones (excluding diaryl/α,β-unsaturated/α-hetero) is 1. The van der Waals surface area contributed by atoms with E-state index in [9.17, 15) is 9.59 Å². The lowest BCUT2D eigenvalue weighted by molar-refractivity contribution is 0.102. The Morgan fingerprint density at radius 1 is 1.25 bits per heavy atom. The first-order valence-corrected chi connectivity index (χ1v) is 11.7. The number of thiophene rings is 1. The minimum Gasteiger partial charge on any atom is -0.293 e. The Morgan fingerprint density at radius 3 is 2.75 bits per heavy atom. The van der Waals surface area contributed by atoms with Crippen molar-refractivity contribution < 1.29 is 4.79 Å². The highest BCUT2D eigenvalue weighted by Crippen LogP contribution is 2.35. The van der Waals surface area contributed by atoms with Gasteiger partial charge in [-0.2, -0.15) is 0 Å². The number of carbonyl (C=O) groups is 1. The van der Waals surface area contributed by atoms with Gasteiger partial charge in [-0.05, 0) is 44.6 Å². The van der Waals surface area contributed by atoms with Crippen molar-refractivity contribution in [1.29, 1.82) is 0 Å². The van der Waals surface area contributed by atoms with Gasteiger partial charge in [0.15, 0.2) is 10.9 Å². The van der Waals surface area contributed by atoms with Crippen LogP contribution in [0.15, 0.2) is 40.3 Å². The van der Waals surface area contributed by atoms with E-state index < -0.39 is 0 Å². The van der Waals surface area contributed by atoms with Crippen molar-refractivity contribution in [2.45, 2.75) is 57.1 Å². The Bertz CT molecular complexity index is 1070. The third-order valence-electron chi connectivity index (χ3n) is 5.45. The Hall–Kier alpha value is -1.92. The van der Waals surface area contributed by atoms with E-state index in [-0.39, 0.29) is 23.1 Å². The SMILES string of the molecule is CC[C@@H](C)n1c(SCC(=O)c2ccccc2)nc2sc3c(c2c1=O)CCCC3. The number of benzene rings is 1. The summed E-state index contributed by atoms with van der Waals surface area (Å²) in [6.07, 6.45) is 5.20. The van der Waals surface area contributed by atoms with Gasteiger partial charge in [-0.25, -0.2) is 4.98 Å². The van der Waals surface area contributed by atoms with E-state index in [1.54, 1.807) is 11.3 Å². The fraction of sp³-hybridized carbons (Fsp3) is 0.409. The molecule has 28 heavy (non-hydrogen) atoms. The summed E-state index contributed by atoms with van der Waals surface area (Å²) in [4.78, 5) is 33.0. The molecule has 0 saturated carbocycles. The third-order valence-corrected chi connectivity index (χ3v) is 7.59. The van der Waals surface area contributed by atoms with Crippen LogP contribution < -0.4 is 5.56 Å². The van der Waals surface area contributed by atoms with Gasteiger partial charge in [0.2, 0.25) is 0 Å². The number of thioether (sulfide) groups is 1. The molecule has 0 aliphatic heterocycles. The quantitative estimate of drug-likeness (QED) is 0.314. The lowest BCUT2D eigenvalue weighted by atomic mass is 9.97. The summed E-state index contributed by atoms with van der Waals surface area (Å²) >= 11 is 3.04. The molecule has 0 saturated heterocycles. The highest BCUT2D eigenvalue weighted by atomic mass is 32.2. The lowest BCUT2D eigenvalue weighted by Crippen LogP contribution is -2.26. The number of carbonyl (C=O) groups excluding carboxylic acids is 1. The van der Waals surface area contributed by atoms with Gasteiger partial charge in [0.25, 0.3) is 5.56 Å². The third kappa shape index (κ3) is 3.55. The van der Waals surface area contributed by atoms with Crippen LogP contribution in [0.2, 0.25) is 0 Å². The van der Waals surface area contributed by atoms with Crippen molar-refractivity contribution in [3.05, 3.63) is 56.7 Å². The minimum atomic E-state index is 0.0536. The molecule has 0 spiro atoms. The van der Waals surface area contributed by atoms with Crippen LogP contribution in [-0.2, 0) is 12.8 Å². The molecule has 0 unspecified atom stereocenters. The maximum Gasteiger partial charge on any atom is 0.263 e. The Labute approximate surface area is 173 Å². The van der Waals surface area contributed by atoms with E-state index in [0.717, 1.165) is 35.9 Å². The monoisotopic (exact) mass is 412 g/mol. The topological polar surface area (TPSA) is 52.0 Å². The van der Waals surface area contributed by atoms with Crippen LogP contribution in [0.4, 0.5) is 0 Å². The normalized spacial score (nSPS) is 14.8. The molecule has 0 fully saturated rings. The van der Waals surface area contributed by atoms with E-state index in [1.165, 1.54) is 28.6 Å². The smallest absolute Gasteiger partial charge is 0.263 e. The van der Waals surface area contributed by atoms with Crippen LogP contribution in [0.25, 0.3) is 10.2 Å². The Kier molecular flexibility index (Phi) is 5.69. The first kappa shape index (κ1) is 19.4. The van der Waals surface area contributed by atoms with Crippen LogP contribution in [0.1, 0.15) is 60.0 Å². The van der Waals surface area contributed by atoms with Crippen LogP contribution in [-0.4, -0.2) is 21.1 Å². The average molecular weight is 413 g/mol. The molecular formula is C22H24N2O2S2. The molecule has 1 aromatic carbocycles. The van der Waals surface area contributed by atoms with Crippen LogP contribution in [0.5, 0.6) is 0 Å². The molecule has 2 aromatic heterocycles. The van der Waals surface area contributed by atoms with Crippen LogP contribution in [0.3, 0.4) is 0 Å². The molecule has 0 amide bonds. The van der Waals surface area contributed by atoms with Gasteiger partial charge in [0, 0.05) is 16.5 Å². The van der Waals surface area contributed by atoms with Crippen LogP contribution in [0, 0.1) is 0 Å². The number of hydrogen-bond acceptors (Lipinski definition) is 5. The molecule has 146 valence electrons. The first-order valence-electron chi connectivity index (χ1n) is 9.88. The predicted octanol–water partition coefficient (Wildman–Crippen LogP) is 5.28. The molecular weight excluding hydrogens is 388 g/mol. The summed E-state index contributed by atoms with van der Waals surface area (Å²) in [5, 5.41) is 1.48. The van der Waals surface area contributed by atoms with Gasteiger partial charge in [0.1, 0.15) is 4.83 Å². The van der Waals surface area contributed by atoms with Gasteiger partial charge in [-0.3, -0.25) is 14.2 Å². The van der Waals surface area contributed by atoms with E-state index in [4.69, 9.17) is 4.98 Å². The van der Waals surface area contributed by atoms with E-state index in [2.05, 4.69) is 13.8 Å².